The number of halogens is 2. The summed E-state index contributed by atoms with van der Waals surface area (Å²) in [6.45, 7) is 3.77. The van der Waals surface area contributed by atoms with Crippen molar-refractivity contribution >= 4 is 5.97 Å². The van der Waals surface area contributed by atoms with E-state index in [0.29, 0.717) is 24.0 Å². The highest BCUT2D eigenvalue weighted by Crippen LogP contribution is 2.49. The topological polar surface area (TPSA) is 46.5 Å². The van der Waals surface area contributed by atoms with E-state index in [0.717, 1.165) is 5.56 Å². The zero-order valence-corrected chi connectivity index (χ0v) is 14.9. The van der Waals surface area contributed by atoms with Crippen molar-refractivity contribution in [3.63, 3.8) is 0 Å². The van der Waals surface area contributed by atoms with Gasteiger partial charge in [-0.25, -0.2) is 8.78 Å². The van der Waals surface area contributed by atoms with E-state index in [1.54, 1.807) is 31.2 Å². The first-order chi connectivity index (χ1) is 12.3. The van der Waals surface area contributed by atoms with E-state index in [9.17, 15) is 18.7 Å². The number of benzene rings is 2. The van der Waals surface area contributed by atoms with Gasteiger partial charge in [-0.3, -0.25) is 4.79 Å². The molecule has 2 aromatic rings. The first kappa shape index (κ1) is 18.5. The van der Waals surface area contributed by atoms with Gasteiger partial charge in [-0.15, -0.1) is 0 Å². The molecule has 0 amide bonds. The predicted octanol–water partition coefficient (Wildman–Crippen LogP) is 4.76. The van der Waals surface area contributed by atoms with Gasteiger partial charge in [-0.1, -0.05) is 24.3 Å². The van der Waals surface area contributed by atoms with Crippen LogP contribution in [0.25, 0.3) is 0 Å². The molecule has 0 unspecified atom stereocenters. The third-order valence-corrected chi connectivity index (χ3v) is 5.45. The molecular formula is C21H22F2O3. The molecule has 0 radical (unpaired) electrons. The standard InChI is InChI=1S/C21H22F2O3/c1-14-17(4-3-5-18(14)23)21(19(24)25)11-10-20(2,13-21)26-12-15-6-8-16(22)9-7-15/h3-9H,10-13H2,1-2H3,(H,24,25)/t20-,21-/m0/s1. The first-order valence-corrected chi connectivity index (χ1v) is 8.63. The molecule has 2 aromatic carbocycles. The molecule has 1 fully saturated rings. The summed E-state index contributed by atoms with van der Waals surface area (Å²) in [6.07, 6.45) is 1.20. The Bertz CT molecular complexity index is 819. The summed E-state index contributed by atoms with van der Waals surface area (Å²) in [5.41, 5.74) is -0.103. The van der Waals surface area contributed by atoms with Gasteiger partial charge in [0.05, 0.1) is 17.6 Å². The van der Waals surface area contributed by atoms with Crippen molar-refractivity contribution in [3.8, 4) is 0 Å². The van der Waals surface area contributed by atoms with Crippen LogP contribution in [0.15, 0.2) is 42.5 Å². The van der Waals surface area contributed by atoms with Crippen molar-refractivity contribution in [3.05, 3.63) is 70.8 Å². The minimum Gasteiger partial charge on any atom is -0.481 e. The third kappa shape index (κ3) is 3.36. The lowest BCUT2D eigenvalue weighted by molar-refractivity contribution is -0.145. The van der Waals surface area contributed by atoms with E-state index < -0.39 is 22.8 Å². The first-order valence-electron chi connectivity index (χ1n) is 8.63. The van der Waals surface area contributed by atoms with Crippen LogP contribution in [0.3, 0.4) is 0 Å². The molecule has 0 saturated heterocycles. The summed E-state index contributed by atoms with van der Waals surface area (Å²) < 4.78 is 33.1. The fourth-order valence-electron chi connectivity index (χ4n) is 3.91. The molecule has 1 aliphatic rings. The second-order valence-electron chi connectivity index (χ2n) is 7.34. The highest BCUT2D eigenvalue weighted by atomic mass is 19.1. The maximum atomic E-state index is 14.0. The summed E-state index contributed by atoms with van der Waals surface area (Å²) in [4.78, 5) is 12.2. The Morgan fingerprint density at radius 1 is 1.15 bits per heavy atom. The zero-order chi connectivity index (χ0) is 18.9. The molecule has 1 aliphatic carbocycles. The van der Waals surface area contributed by atoms with E-state index in [1.165, 1.54) is 18.2 Å². The van der Waals surface area contributed by atoms with Gasteiger partial charge in [0.2, 0.25) is 0 Å². The summed E-state index contributed by atoms with van der Waals surface area (Å²) in [6, 6.07) is 10.6. The lowest BCUT2D eigenvalue weighted by Crippen LogP contribution is -2.37. The molecule has 1 N–H and O–H groups in total. The fraction of sp³-hybridized carbons (Fsp3) is 0.381. The van der Waals surface area contributed by atoms with Crippen LogP contribution in [-0.4, -0.2) is 16.7 Å². The normalized spacial score (nSPS) is 25.4. The number of carboxylic acid groups (broad SMARTS) is 1. The van der Waals surface area contributed by atoms with Crippen molar-refractivity contribution in [1.29, 1.82) is 0 Å². The SMILES string of the molecule is Cc1c(F)cccc1[C@]1(C(=O)O)CC[C@](C)(OCc2ccc(F)cc2)C1. The average Bonchev–Trinajstić information content (AvgIpc) is 2.96. The van der Waals surface area contributed by atoms with Crippen LogP contribution < -0.4 is 0 Å². The molecule has 0 aliphatic heterocycles. The van der Waals surface area contributed by atoms with E-state index in [2.05, 4.69) is 0 Å². The molecular weight excluding hydrogens is 338 g/mol. The van der Waals surface area contributed by atoms with Crippen LogP contribution >= 0.6 is 0 Å². The van der Waals surface area contributed by atoms with Gasteiger partial charge in [0, 0.05) is 0 Å². The predicted molar refractivity (Wildman–Crippen MR) is 93.9 cm³/mol. The Kier molecular flexibility index (Phi) is 4.84. The van der Waals surface area contributed by atoms with Gasteiger partial charge in [-0.2, -0.15) is 0 Å². The number of hydrogen-bond donors (Lipinski definition) is 1. The van der Waals surface area contributed by atoms with E-state index in [-0.39, 0.29) is 18.8 Å². The smallest absolute Gasteiger partial charge is 0.314 e. The number of aliphatic carboxylic acids is 1. The molecule has 138 valence electrons. The number of hydrogen-bond acceptors (Lipinski definition) is 2. The van der Waals surface area contributed by atoms with Gasteiger partial charge in [0.1, 0.15) is 11.6 Å². The molecule has 0 bridgehead atoms. The minimum absolute atomic E-state index is 0.265. The number of ether oxygens (including phenoxy) is 1. The van der Waals surface area contributed by atoms with Crippen LogP contribution in [0.5, 0.6) is 0 Å². The summed E-state index contributed by atoms with van der Waals surface area (Å²) >= 11 is 0. The number of rotatable bonds is 5. The van der Waals surface area contributed by atoms with Crippen LogP contribution in [-0.2, 0) is 21.6 Å². The second kappa shape index (κ2) is 6.80. The van der Waals surface area contributed by atoms with E-state index in [1.807, 2.05) is 6.92 Å². The summed E-state index contributed by atoms with van der Waals surface area (Å²) in [5, 5.41) is 9.96. The largest absolute Gasteiger partial charge is 0.481 e. The monoisotopic (exact) mass is 360 g/mol. The van der Waals surface area contributed by atoms with Crippen molar-refractivity contribution in [2.75, 3.05) is 0 Å². The molecule has 3 nitrogen and oxygen atoms in total. The summed E-state index contributed by atoms with van der Waals surface area (Å²) in [5.74, 6) is -1.67. The molecule has 0 aromatic heterocycles. The van der Waals surface area contributed by atoms with Crippen molar-refractivity contribution in [2.24, 2.45) is 0 Å². The Labute approximate surface area is 151 Å². The highest BCUT2D eigenvalue weighted by Gasteiger charge is 2.53. The lowest BCUT2D eigenvalue weighted by atomic mass is 9.76. The van der Waals surface area contributed by atoms with Gasteiger partial charge < -0.3 is 9.84 Å². The highest BCUT2D eigenvalue weighted by molar-refractivity contribution is 5.82. The quantitative estimate of drug-likeness (QED) is 0.837. The van der Waals surface area contributed by atoms with Crippen molar-refractivity contribution in [2.45, 2.75) is 50.7 Å². The van der Waals surface area contributed by atoms with Gasteiger partial charge in [0.25, 0.3) is 0 Å². The number of carboxylic acids is 1. The Hall–Kier alpha value is -2.27. The van der Waals surface area contributed by atoms with Gasteiger partial charge >= 0.3 is 5.97 Å². The van der Waals surface area contributed by atoms with Gasteiger partial charge in [0.15, 0.2) is 0 Å². The fourth-order valence-corrected chi connectivity index (χ4v) is 3.91. The van der Waals surface area contributed by atoms with Crippen molar-refractivity contribution in [1.82, 2.24) is 0 Å². The molecule has 0 heterocycles. The summed E-state index contributed by atoms with van der Waals surface area (Å²) in [7, 11) is 0. The average molecular weight is 360 g/mol. The molecule has 2 atom stereocenters. The molecule has 1 saturated carbocycles. The Balaban J connectivity index is 1.83. The Morgan fingerprint density at radius 3 is 2.50 bits per heavy atom. The lowest BCUT2D eigenvalue weighted by Gasteiger charge is -2.30. The van der Waals surface area contributed by atoms with Crippen LogP contribution in [0, 0.1) is 18.6 Å². The third-order valence-electron chi connectivity index (χ3n) is 5.45. The molecule has 3 rings (SSSR count). The van der Waals surface area contributed by atoms with E-state index >= 15 is 0 Å². The number of carbonyl (C=O) groups is 1. The van der Waals surface area contributed by atoms with Crippen LogP contribution in [0.4, 0.5) is 8.78 Å². The van der Waals surface area contributed by atoms with Crippen LogP contribution in [0.2, 0.25) is 0 Å². The minimum atomic E-state index is -1.16. The van der Waals surface area contributed by atoms with Crippen LogP contribution in [0.1, 0.15) is 42.9 Å². The molecule has 5 heteroatoms. The molecule has 26 heavy (non-hydrogen) atoms. The zero-order valence-electron chi connectivity index (χ0n) is 14.9. The maximum absolute atomic E-state index is 14.0. The second-order valence-corrected chi connectivity index (χ2v) is 7.34. The maximum Gasteiger partial charge on any atom is 0.314 e. The Morgan fingerprint density at radius 2 is 1.85 bits per heavy atom. The van der Waals surface area contributed by atoms with E-state index in [4.69, 9.17) is 4.74 Å². The van der Waals surface area contributed by atoms with Crippen molar-refractivity contribution < 1.29 is 23.4 Å². The molecule has 0 spiro atoms. The van der Waals surface area contributed by atoms with Gasteiger partial charge in [-0.05, 0) is 68.0 Å².